The number of rotatable bonds is 2. The first-order valence-electron chi connectivity index (χ1n) is 5.20. The van der Waals surface area contributed by atoms with Gasteiger partial charge in [0.25, 0.3) is 0 Å². The number of carbonyl (C=O) groups is 1. The van der Waals surface area contributed by atoms with Crippen LogP contribution in [0.4, 0.5) is 0 Å². The SMILES string of the molecule is O=C1C=C(Cc2ccc(Cl)s2)CCCC1. The summed E-state index contributed by atoms with van der Waals surface area (Å²) in [5, 5.41) is 0. The smallest absolute Gasteiger partial charge is 0.155 e. The van der Waals surface area contributed by atoms with E-state index in [1.165, 1.54) is 10.5 Å². The zero-order valence-electron chi connectivity index (χ0n) is 8.46. The summed E-state index contributed by atoms with van der Waals surface area (Å²) in [5.41, 5.74) is 1.26. The number of ketones is 1. The molecular weight excluding hydrogens is 228 g/mol. The monoisotopic (exact) mass is 240 g/mol. The van der Waals surface area contributed by atoms with E-state index in [0.29, 0.717) is 6.42 Å². The van der Waals surface area contributed by atoms with E-state index in [-0.39, 0.29) is 5.78 Å². The summed E-state index contributed by atoms with van der Waals surface area (Å²) in [5.74, 6) is 0.283. The normalized spacial score (nSPS) is 17.4. The van der Waals surface area contributed by atoms with Crippen molar-refractivity contribution in [3.05, 3.63) is 33.0 Å². The quantitative estimate of drug-likeness (QED) is 0.763. The van der Waals surface area contributed by atoms with Gasteiger partial charge in [-0.2, -0.15) is 0 Å². The second-order valence-corrected chi connectivity index (χ2v) is 5.66. The molecule has 0 fully saturated rings. The number of halogens is 1. The van der Waals surface area contributed by atoms with Crippen LogP contribution in [0.5, 0.6) is 0 Å². The van der Waals surface area contributed by atoms with E-state index in [1.54, 1.807) is 11.3 Å². The second kappa shape index (κ2) is 4.95. The lowest BCUT2D eigenvalue weighted by molar-refractivity contribution is -0.114. The number of hydrogen-bond acceptors (Lipinski definition) is 2. The fourth-order valence-electron chi connectivity index (χ4n) is 1.83. The van der Waals surface area contributed by atoms with Crippen LogP contribution in [0.15, 0.2) is 23.8 Å². The summed E-state index contributed by atoms with van der Waals surface area (Å²) in [4.78, 5) is 12.6. The molecular formula is C12H13ClOS. The summed E-state index contributed by atoms with van der Waals surface area (Å²) in [6.07, 6.45) is 6.67. The third-order valence-corrected chi connectivity index (χ3v) is 3.80. The molecule has 1 heterocycles. The molecule has 3 heteroatoms. The van der Waals surface area contributed by atoms with Gasteiger partial charge in [-0.15, -0.1) is 11.3 Å². The van der Waals surface area contributed by atoms with Crippen LogP contribution in [-0.2, 0) is 11.2 Å². The average molecular weight is 241 g/mol. The van der Waals surface area contributed by atoms with E-state index >= 15 is 0 Å². The molecule has 0 spiro atoms. The second-order valence-electron chi connectivity index (χ2n) is 3.86. The molecule has 0 saturated heterocycles. The van der Waals surface area contributed by atoms with Crippen molar-refractivity contribution in [2.75, 3.05) is 0 Å². The Morgan fingerprint density at radius 2 is 2.07 bits per heavy atom. The lowest BCUT2D eigenvalue weighted by Crippen LogP contribution is -1.92. The Bertz CT molecular complexity index is 392. The van der Waals surface area contributed by atoms with Crippen LogP contribution in [0, 0.1) is 0 Å². The Morgan fingerprint density at radius 1 is 1.27 bits per heavy atom. The minimum Gasteiger partial charge on any atom is -0.295 e. The minimum atomic E-state index is 0.283. The highest BCUT2D eigenvalue weighted by atomic mass is 35.5. The van der Waals surface area contributed by atoms with Gasteiger partial charge >= 0.3 is 0 Å². The number of allylic oxidation sites excluding steroid dienone is 2. The van der Waals surface area contributed by atoms with Crippen molar-refractivity contribution in [3.8, 4) is 0 Å². The van der Waals surface area contributed by atoms with Gasteiger partial charge in [0.2, 0.25) is 0 Å². The summed E-state index contributed by atoms with van der Waals surface area (Å²) < 4.78 is 0.825. The highest BCUT2D eigenvalue weighted by Gasteiger charge is 2.09. The Morgan fingerprint density at radius 3 is 2.80 bits per heavy atom. The van der Waals surface area contributed by atoms with Crippen LogP contribution in [0.2, 0.25) is 4.34 Å². The number of hydrogen-bond donors (Lipinski definition) is 0. The van der Waals surface area contributed by atoms with Crippen LogP contribution in [0.1, 0.15) is 30.6 Å². The third-order valence-electron chi connectivity index (χ3n) is 2.57. The largest absolute Gasteiger partial charge is 0.295 e. The van der Waals surface area contributed by atoms with Crippen molar-refractivity contribution in [1.82, 2.24) is 0 Å². The average Bonchev–Trinajstić information content (AvgIpc) is 2.46. The molecule has 0 radical (unpaired) electrons. The molecule has 0 saturated carbocycles. The minimum absolute atomic E-state index is 0.283. The standard InChI is InChI=1S/C12H13ClOS/c13-12-6-5-11(15-12)8-9-3-1-2-4-10(14)7-9/h5-7H,1-4,8H2. The lowest BCUT2D eigenvalue weighted by atomic mass is 10.1. The molecule has 80 valence electrons. The summed E-state index contributed by atoms with van der Waals surface area (Å²) in [6, 6.07) is 3.96. The molecule has 1 aliphatic rings. The van der Waals surface area contributed by atoms with E-state index in [0.717, 1.165) is 30.0 Å². The van der Waals surface area contributed by atoms with Gasteiger partial charge in [0, 0.05) is 17.7 Å². The number of thiophene rings is 1. The first-order chi connectivity index (χ1) is 7.24. The molecule has 0 amide bonds. The molecule has 0 N–H and O–H groups in total. The van der Waals surface area contributed by atoms with Crippen LogP contribution < -0.4 is 0 Å². The third kappa shape index (κ3) is 3.18. The first-order valence-corrected chi connectivity index (χ1v) is 6.40. The van der Waals surface area contributed by atoms with Crippen molar-refractivity contribution < 1.29 is 4.79 Å². The maximum Gasteiger partial charge on any atom is 0.155 e. The lowest BCUT2D eigenvalue weighted by Gasteiger charge is -2.01. The van der Waals surface area contributed by atoms with Crippen molar-refractivity contribution in [1.29, 1.82) is 0 Å². The zero-order valence-corrected chi connectivity index (χ0v) is 10.0. The van der Waals surface area contributed by atoms with Crippen LogP contribution in [-0.4, -0.2) is 5.78 Å². The van der Waals surface area contributed by atoms with E-state index in [1.807, 2.05) is 18.2 Å². The van der Waals surface area contributed by atoms with Crippen molar-refractivity contribution >= 4 is 28.7 Å². The molecule has 0 bridgehead atoms. The molecule has 0 aliphatic heterocycles. The fourth-order valence-corrected chi connectivity index (χ4v) is 2.97. The van der Waals surface area contributed by atoms with Gasteiger partial charge in [-0.25, -0.2) is 0 Å². The van der Waals surface area contributed by atoms with E-state index in [4.69, 9.17) is 11.6 Å². The molecule has 0 aromatic carbocycles. The van der Waals surface area contributed by atoms with Crippen molar-refractivity contribution in [2.45, 2.75) is 32.1 Å². The molecule has 0 unspecified atom stereocenters. The van der Waals surface area contributed by atoms with Gasteiger partial charge in [-0.3, -0.25) is 4.79 Å². The van der Waals surface area contributed by atoms with E-state index < -0.39 is 0 Å². The molecule has 1 aromatic heterocycles. The van der Waals surface area contributed by atoms with Crippen LogP contribution >= 0.6 is 22.9 Å². The van der Waals surface area contributed by atoms with Gasteiger partial charge in [0.05, 0.1) is 4.34 Å². The van der Waals surface area contributed by atoms with Gasteiger partial charge < -0.3 is 0 Å². The molecule has 2 rings (SSSR count). The molecule has 1 aromatic rings. The van der Waals surface area contributed by atoms with Crippen molar-refractivity contribution in [2.24, 2.45) is 0 Å². The molecule has 1 aliphatic carbocycles. The van der Waals surface area contributed by atoms with Crippen molar-refractivity contribution in [3.63, 3.8) is 0 Å². The Balaban J connectivity index is 2.07. The molecule has 0 atom stereocenters. The Hall–Kier alpha value is -0.600. The molecule has 15 heavy (non-hydrogen) atoms. The van der Waals surface area contributed by atoms with Gasteiger partial charge in [0.15, 0.2) is 5.78 Å². The predicted molar refractivity (Wildman–Crippen MR) is 64.6 cm³/mol. The fraction of sp³-hybridized carbons (Fsp3) is 0.417. The maximum absolute atomic E-state index is 11.4. The summed E-state index contributed by atoms with van der Waals surface area (Å²) in [7, 11) is 0. The molecule has 1 nitrogen and oxygen atoms in total. The van der Waals surface area contributed by atoms with Crippen LogP contribution in [0.25, 0.3) is 0 Å². The van der Waals surface area contributed by atoms with Crippen LogP contribution in [0.3, 0.4) is 0 Å². The van der Waals surface area contributed by atoms with Gasteiger partial charge in [0.1, 0.15) is 0 Å². The first kappa shape index (κ1) is 10.9. The number of carbonyl (C=O) groups excluding carboxylic acids is 1. The van der Waals surface area contributed by atoms with E-state index in [2.05, 4.69) is 0 Å². The van der Waals surface area contributed by atoms with E-state index in [9.17, 15) is 4.79 Å². The highest BCUT2D eigenvalue weighted by Crippen LogP contribution is 2.26. The highest BCUT2D eigenvalue weighted by molar-refractivity contribution is 7.16. The van der Waals surface area contributed by atoms with Gasteiger partial charge in [-0.05, 0) is 37.5 Å². The Labute approximate surface area is 98.8 Å². The predicted octanol–water partition coefficient (Wildman–Crippen LogP) is 4.01. The topological polar surface area (TPSA) is 17.1 Å². The maximum atomic E-state index is 11.4. The Kier molecular flexibility index (Phi) is 3.60. The zero-order chi connectivity index (χ0) is 10.7. The summed E-state index contributed by atoms with van der Waals surface area (Å²) >= 11 is 7.47. The van der Waals surface area contributed by atoms with Gasteiger partial charge in [-0.1, -0.05) is 17.2 Å². The summed E-state index contributed by atoms with van der Waals surface area (Å²) in [6.45, 7) is 0.